The number of halogens is 4. The van der Waals surface area contributed by atoms with Crippen LogP contribution in [0.3, 0.4) is 0 Å². The molecule has 0 unspecified atom stereocenters. The molecule has 5 aromatic rings. The molecule has 0 saturated carbocycles. The zero-order valence-corrected chi connectivity index (χ0v) is 25.0. The van der Waals surface area contributed by atoms with Crippen LogP contribution in [0.1, 0.15) is 38.5 Å². The lowest BCUT2D eigenvalue weighted by Crippen LogP contribution is -2.54. The molecule has 0 aliphatic carbocycles. The van der Waals surface area contributed by atoms with Gasteiger partial charge >= 0.3 is 6.18 Å². The number of hydrogen-bond donors (Lipinski definition) is 0. The Morgan fingerprint density at radius 1 is 0.756 bits per heavy atom. The van der Waals surface area contributed by atoms with E-state index in [9.17, 15) is 18.0 Å². The third-order valence-corrected chi connectivity index (χ3v) is 8.78. The van der Waals surface area contributed by atoms with Crippen molar-refractivity contribution >= 4 is 44.8 Å². The summed E-state index contributed by atoms with van der Waals surface area (Å²) in [6, 6.07) is 37.0. The van der Waals surface area contributed by atoms with Gasteiger partial charge in [0, 0.05) is 15.6 Å². The van der Waals surface area contributed by atoms with E-state index in [1.807, 2.05) is 66.7 Å². The maximum Gasteiger partial charge on any atom is 0.416 e. The number of benzene rings is 5. The van der Waals surface area contributed by atoms with Crippen LogP contribution in [-0.4, -0.2) is 17.5 Å². The summed E-state index contributed by atoms with van der Waals surface area (Å²) in [6.45, 7) is 0. The molecule has 0 N–H and O–H groups in total. The number of alkyl halides is 3. The van der Waals surface area contributed by atoms with Crippen LogP contribution in [0.2, 0.25) is 0 Å². The first-order chi connectivity index (χ1) is 21.7. The summed E-state index contributed by atoms with van der Waals surface area (Å²) in [4.78, 5) is 30.5. The van der Waals surface area contributed by atoms with Crippen molar-refractivity contribution in [2.75, 3.05) is 9.91 Å². The van der Waals surface area contributed by atoms with E-state index in [1.165, 1.54) is 17.0 Å². The molecule has 2 heterocycles. The lowest BCUT2D eigenvalue weighted by atomic mass is 9.71. The first-order valence-corrected chi connectivity index (χ1v) is 14.9. The molecule has 0 aromatic heterocycles. The van der Waals surface area contributed by atoms with Gasteiger partial charge in [-0.1, -0.05) is 94.8 Å². The molecule has 0 fully saturated rings. The second-order valence-electron chi connectivity index (χ2n) is 10.8. The lowest BCUT2D eigenvalue weighted by Gasteiger charge is -2.38. The van der Waals surface area contributed by atoms with Gasteiger partial charge in [0.15, 0.2) is 5.54 Å². The molecule has 0 radical (unpaired) electrons. The fraction of sp³-hybridized carbons (Fsp3) is 0.0833. The Hall–Kier alpha value is -5.02. The molecule has 7 rings (SSSR count). The van der Waals surface area contributed by atoms with Crippen LogP contribution < -0.4 is 9.91 Å². The zero-order valence-electron chi connectivity index (χ0n) is 23.4. The number of fused-ring (bicyclic) bond motifs is 2. The number of anilines is 2. The van der Waals surface area contributed by atoms with Crippen molar-refractivity contribution in [1.29, 1.82) is 0 Å². The van der Waals surface area contributed by atoms with Gasteiger partial charge in [0.1, 0.15) is 0 Å². The predicted octanol–water partition coefficient (Wildman–Crippen LogP) is 8.56. The molecule has 5 aromatic carbocycles. The Morgan fingerprint density at radius 2 is 1.36 bits per heavy atom. The average molecular weight is 666 g/mol. The predicted molar refractivity (Wildman–Crippen MR) is 170 cm³/mol. The minimum absolute atomic E-state index is 0.339. The molecule has 2 amide bonds. The average Bonchev–Trinajstić information content (AvgIpc) is 3.55. The van der Waals surface area contributed by atoms with Gasteiger partial charge in [-0.3, -0.25) is 9.59 Å². The highest BCUT2D eigenvalue weighted by molar-refractivity contribution is 9.10. The Kier molecular flexibility index (Phi) is 6.93. The monoisotopic (exact) mass is 665 g/mol. The Balaban J connectivity index is 1.51. The Bertz CT molecular complexity index is 1950. The van der Waals surface area contributed by atoms with Crippen molar-refractivity contribution in [2.45, 2.75) is 17.6 Å². The van der Waals surface area contributed by atoms with Crippen molar-refractivity contribution in [3.63, 3.8) is 0 Å². The maximum absolute atomic E-state index is 15.2. The minimum atomic E-state index is -4.52. The quantitative estimate of drug-likeness (QED) is 0.181. The first-order valence-electron chi connectivity index (χ1n) is 14.1. The molecule has 2 aliphatic rings. The number of rotatable bonds is 4. The van der Waals surface area contributed by atoms with E-state index in [0.717, 1.165) is 16.6 Å². The van der Waals surface area contributed by atoms with Gasteiger partial charge in [0.2, 0.25) is 0 Å². The van der Waals surface area contributed by atoms with E-state index >= 15 is 4.79 Å². The lowest BCUT2D eigenvalue weighted by molar-refractivity contribution is -0.137. The molecular formula is C36H23BrF3N3O2. The highest BCUT2D eigenvalue weighted by Gasteiger charge is 2.66. The van der Waals surface area contributed by atoms with E-state index < -0.39 is 35.0 Å². The third-order valence-electron chi connectivity index (χ3n) is 8.25. The molecule has 45 heavy (non-hydrogen) atoms. The van der Waals surface area contributed by atoms with Gasteiger partial charge in [-0.25, -0.2) is 9.91 Å². The van der Waals surface area contributed by atoms with Crippen LogP contribution in [0.25, 0.3) is 0 Å². The van der Waals surface area contributed by atoms with Crippen molar-refractivity contribution in [3.8, 4) is 0 Å². The molecule has 5 nitrogen and oxygen atoms in total. The van der Waals surface area contributed by atoms with Crippen molar-refractivity contribution < 1.29 is 22.8 Å². The van der Waals surface area contributed by atoms with Gasteiger partial charge < -0.3 is 0 Å². The first kappa shape index (κ1) is 28.7. The van der Waals surface area contributed by atoms with Gasteiger partial charge in [-0.05, 0) is 65.7 Å². The SMILES string of the molecule is O=C(c1ccccc1)N1C(=O)[C@@]2(c3ccccc31)[C@H](c1ccccc1)C(c1ccc(C(F)(F)F)cc1)=NN2c1ccc(Br)cc1. The topological polar surface area (TPSA) is 53.0 Å². The van der Waals surface area contributed by atoms with Crippen LogP contribution in [0, 0.1) is 0 Å². The summed E-state index contributed by atoms with van der Waals surface area (Å²) in [5.74, 6) is -1.81. The standard InChI is InChI=1S/C36H23BrF3N3O2/c37-27-19-21-28(22-20-27)43-35(29-13-7-8-14-30(29)42(34(35)45)33(44)25-11-5-2-6-12-25)31(23-9-3-1-4-10-23)32(41-43)24-15-17-26(18-16-24)36(38,39)40/h1-22,31H/t31-,35-/m1/s1. The van der Waals surface area contributed by atoms with Gasteiger partial charge in [0.05, 0.1) is 28.6 Å². The molecule has 222 valence electrons. The molecule has 0 bridgehead atoms. The number of nitrogens with zero attached hydrogens (tertiary/aromatic N) is 3. The van der Waals surface area contributed by atoms with E-state index in [-0.39, 0.29) is 0 Å². The minimum Gasteiger partial charge on any atom is -0.271 e. The Morgan fingerprint density at radius 3 is 2.00 bits per heavy atom. The number of amides is 2. The van der Waals surface area contributed by atoms with E-state index in [4.69, 9.17) is 5.10 Å². The smallest absolute Gasteiger partial charge is 0.271 e. The zero-order chi connectivity index (χ0) is 31.3. The van der Waals surface area contributed by atoms with Crippen molar-refractivity contribution in [3.05, 3.63) is 166 Å². The molecule has 2 aliphatic heterocycles. The number of carbonyl (C=O) groups excluding carboxylic acids is 2. The summed E-state index contributed by atoms with van der Waals surface area (Å²) in [5.41, 5.74) is 1.04. The molecule has 1 spiro atoms. The number of para-hydroxylation sites is 1. The van der Waals surface area contributed by atoms with Crippen LogP contribution in [0.5, 0.6) is 0 Å². The molecule has 0 saturated heterocycles. The normalized spacial score (nSPS) is 19.2. The molecule has 9 heteroatoms. The Labute approximate surface area is 265 Å². The van der Waals surface area contributed by atoms with Gasteiger partial charge in [0.25, 0.3) is 11.8 Å². The molecule has 2 atom stereocenters. The van der Waals surface area contributed by atoms with E-state index in [1.54, 1.807) is 47.5 Å². The summed E-state index contributed by atoms with van der Waals surface area (Å²) in [6.07, 6.45) is -4.52. The highest BCUT2D eigenvalue weighted by Crippen LogP contribution is 2.57. The van der Waals surface area contributed by atoms with Gasteiger partial charge in [-0.2, -0.15) is 18.3 Å². The second-order valence-corrected chi connectivity index (χ2v) is 11.7. The number of imide groups is 1. The summed E-state index contributed by atoms with van der Waals surface area (Å²) >= 11 is 3.48. The maximum atomic E-state index is 15.2. The summed E-state index contributed by atoms with van der Waals surface area (Å²) in [7, 11) is 0. The second kappa shape index (κ2) is 10.9. The van der Waals surface area contributed by atoms with Crippen LogP contribution in [0.15, 0.2) is 143 Å². The number of hydrazone groups is 1. The van der Waals surface area contributed by atoms with Crippen LogP contribution in [0.4, 0.5) is 24.5 Å². The van der Waals surface area contributed by atoms with E-state index in [0.29, 0.717) is 39.3 Å². The third kappa shape index (κ3) is 4.57. The highest BCUT2D eigenvalue weighted by atomic mass is 79.9. The van der Waals surface area contributed by atoms with Crippen LogP contribution >= 0.6 is 15.9 Å². The number of carbonyl (C=O) groups is 2. The largest absolute Gasteiger partial charge is 0.416 e. The van der Waals surface area contributed by atoms with Crippen LogP contribution in [-0.2, 0) is 16.5 Å². The summed E-state index contributed by atoms with van der Waals surface area (Å²) in [5, 5.41) is 6.68. The summed E-state index contributed by atoms with van der Waals surface area (Å²) < 4.78 is 41.4. The van der Waals surface area contributed by atoms with Crippen molar-refractivity contribution in [1.82, 2.24) is 0 Å². The fourth-order valence-electron chi connectivity index (χ4n) is 6.29. The van der Waals surface area contributed by atoms with Gasteiger partial charge in [-0.15, -0.1) is 0 Å². The van der Waals surface area contributed by atoms with E-state index in [2.05, 4.69) is 15.9 Å². The molecular weight excluding hydrogens is 643 g/mol. The fourth-order valence-corrected chi connectivity index (χ4v) is 6.55. The number of hydrogen-bond acceptors (Lipinski definition) is 4. The van der Waals surface area contributed by atoms with Crippen molar-refractivity contribution in [2.24, 2.45) is 5.10 Å².